The molecule has 6 heteroatoms. The monoisotopic (exact) mass is 310 g/mol. The maximum absolute atomic E-state index is 12.4. The molecule has 2 atom stereocenters. The lowest BCUT2D eigenvalue weighted by Gasteiger charge is -2.27. The van der Waals surface area contributed by atoms with Crippen LogP contribution in [0, 0.1) is 5.92 Å². The Morgan fingerprint density at radius 3 is 2.71 bits per heavy atom. The first-order chi connectivity index (χ1) is 10.0. The molecule has 0 saturated heterocycles. The number of aromatic nitrogens is 1. The van der Waals surface area contributed by atoms with Crippen molar-refractivity contribution in [2.45, 2.75) is 50.6 Å². The molecule has 2 aliphatic rings. The number of carbonyl (C=O) groups is 2. The zero-order chi connectivity index (χ0) is 15.0. The predicted octanol–water partition coefficient (Wildman–Crippen LogP) is 2.85. The van der Waals surface area contributed by atoms with E-state index >= 15 is 0 Å². The highest BCUT2D eigenvalue weighted by atomic mass is 35.5. The SMILES string of the molecule is O=C(NC1CCCC(C(=O)O)C1)c1cc(Cl)cn1C1CC1. The van der Waals surface area contributed by atoms with Gasteiger partial charge in [0.1, 0.15) is 5.69 Å². The number of carboxylic acids is 1. The molecule has 114 valence electrons. The smallest absolute Gasteiger partial charge is 0.306 e. The molecule has 2 N–H and O–H groups in total. The third-order valence-electron chi connectivity index (χ3n) is 4.35. The molecule has 0 aromatic carbocycles. The molecule has 0 radical (unpaired) electrons. The van der Waals surface area contributed by atoms with Crippen LogP contribution in [0.4, 0.5) is 0 Å². The normalized spacial score (nSPS) is 25.6. The van der Waals surface area contributed by atoms with E-state index in [-0.39, 0.29) is 17.9 Å². The summed E-state index contributed by atoms with van der Waals surface area (Å²) in [6.07, 6.45) is 6.85. The van der Waals surface area contributed by atoms with Gasteiger partial charge in [-0.25, -0.2) is 0 Å². The highest BCUT2D eigenvalue weighted by molar-refractivity contribution is 6.31. The van der Waals surface area contributed by atoms with Crippen molar-refractivity contribution in [2.24, 2.45) is 5.92 Å². The number of hydrogen-bond acceptors (Lipinski definition) is 2. The second-order valence-electron chi connectivity index (χ2n) is 6.05. The van der Waals surface area contributed by atoms with Gasteiger partial charge < -0.3 is 15.0 Å². The minimum absolute atomic E-state index is 0.0614. The lowest BCUT2D eigenvalue weighted by Crippen LogP contribution is -2.40. The number of hydrogen-bond donors (Lipinski definition) is 2. The summed E-state index contributed by atoms with van der Waals surface area (Å²) in [5, 5.41) is 12.6. The maximum atomic E-state index is 12.4. The molecule has 2 aliphatic carbocycles. The summed E-state index contributed by atoms with van der Waals surface area (Å²) in [5.41, 5.74) is 0.583. The molecule has 2 fully saturated rings. The molecule has 5 nitrogen and oxygen atoms in total. The minimum Gasteiger partial charge on any atom is -0.481 e. The number of carbonyl (C=O) groups excluding carboxylic acids is 1. The van der Waals surface area contributed by atoms with Crippen molar-refractivity contribution in [1.29, 1.82) is 0 Å². The van der Waals surface area contributed by atoms with E-state index in [0.29, 0.717) is 29.6 Å². The second-order valence-corrected chi connectivity index (χ2v) is 6.49. The molecule has 1 aromatic heterocycles. The van der Waals surface area contributed by atoms with E-state index in [1.165, 1.54) is 0 Å². The van der Waals surface area contributed by atoms with Crippen LogP contribution in [0.3, 0.4) is 0 Å². The minimum atomic E-state index is -0.765. The second kappa shape index (κ2) is 5.72. The number of rotatable bonds is 4. The van der Waals surface area contributed by atoms with E-state index in [1.54, 1.807) is 12.3 Å². The standard InChI is InChI=1S/C15H19ClN2O3/c16-10-7-13(18(8-10)12-4-5-12)14(19)17-11-3-1-2-9(6-11)15(20)21/h7-9,11-12H,1-6H2,(H,17,19)(H,20,21). The number of aliphatic carboxylic acids is 1. The number of amides is 1. The van der Waals surface area contributed by atoms with E-state index in [4.69, 9.17) is 16.7 Å². The van der Waals surface area contributed by atoms with Gasteiger partial charge in [0, 0.05) is 18.3 Å². The average Bonchev–Trinajstić information content (AvgIpc) is 3.21. The van der Waals surface area contributed by atoms with Crippen molar-refractivity contribution in [3.63, 3.8) is 0 Å². The molecule has 1 aromatic rings. The zero-order valence-corrected chi connectivity index (χ0v) is 12.5. The molecular weight excluding hydrogens is 292 g/mol. The van der Waals surface area contributed by atoms with Crippen LogP contribution in [-0.4, -0.2) is 27.6 Å². The first-order valence-corrected chi connectivity index (χ1v) is 7.83. The van der Waals surface area contributed by atoms with Crippen LogP contribution in [-0.2, 0) is 4.79 Å². The van der Waals surface area contributed by atoms with Crippen LogP contribution in [0.5, 0.6) is 0 Å². The van der Waals surface area contributed by atoms with Crippen LogP contribution in [0.25, 0.3) is 0 Å². The number of nitrogens with one attached hydrogen (secondary N) is 1. The predicted molar refractivity (Wildman–Crippen MR) is 78.6 cm³/mol. The molecule has 21 heavy (non-hydrogen) atoms. The Labute approximate surface area is 128 Å². The van der Waals surface area contributed by atoms with E-state index in [0.717, 1.165) is 25.7 Å². The van der Waals surface area contributed by atoms with Crippen LogP contribution < -0.4 is 5.32 Å². The zero-order valence-electron chi connectivity index (χ0n) is 11.7. The number of nitrogens with zero attached hydrogens (tertiary/aromatic N) is 1. The van der Waals surface area contributed by atoms with Gasteiger partial charge in [-0.15, -0.1) is 0 Å². The Kier molecular flexibility index (Phi) is 3.93. The Balaban J connectivity index is 1.67. The van der Waals surface area contributed by atoms with Gasteiger partial charge in [0.05, 0.1) is 10.9 Å². The van der Waals surface area contributed by atoms with E-state index < -0.39 is 5.97 Å². The van der Waals surface area contributed by atoms with Crippen LogP contribution in [0.15, 0.2) is 12.3 Å². The van der Waals surface area contributed by atoms with Gasteiger partial charge in [-0.2, -0.15) is 0 Å². The number of halogens is 1. The van der Waals surface area contributed by atoms with Crippen molar-refractivity contribution in [2.75, 3.05) is 0 Å². The summed E-state index contributed by atoms with van der Waals surface area (Å²) in [6, 6.07) is 2.01. The average molecular weight is 311 g/mol. The van der Waals surface area contributed by atoms with Gasteiger partial charge in [-0.05, 0) is 38.2 Å². The lowest BCUT2D eigenvalue weighted by atomic mass is 9.86. The van der Waals surface area contributed by atoms with Gasteiger partial charge in [0.25, 0.3) is 5.91 Å². The topological polar surface area (TPSA) is 71.3 Å². The molecule has 1 amide bonds. The van der Waals surface area contributed by atoms with Crippen LogP contribution >= 0.6 is 11.6 Å². The van der Waals surface area contributed by atoms with Gasteiger partial charge in [-0.1, -0.05) is 18.0 Å². The Morgan fingerprint density at radius 1 is 1.29 bits per heavy atom. The summed E-state index contributed by atoms with van der Waals surface area (Å²) < 4.78 is 1.94. The fourth-order valence-electron chi connectivity index (χ4n) is 3.09. The van der Waals surface area contributed by atoms with Crippen molar-refractivity contribution < 1.29 is 14.7 Å². The van der Waals surface area contributed by atoms with Crippen LogP contribution in [0.1, 0.15) is 55.1 Å². The molecule has 0 aliphatic heterocycles. The maximum Gasteiger partial charge on any atom is 0.306 e. The molecule has 1 heterocycles. The van der Waals surface area contributed by atoms with Crippen molar-refractivity contribution in [1.82, 2.24) is 9.88 Å². The van der Waals surface area contributed by atoms with Gasteiger partial charge in [0.2, 0.25) is 0 Å². The quantitative estimate of drug-likeness (QED) is 0.898. The van der Waals surface area contributed by atoms with Gasteiger partial charge >= 0.3 is 5.97 Å². The molecule has 3 rings (SSSR count). The highest BCUT2D eigenvalue weighted by Gasteiger charge is 2.31. The van der Waals surface area contributed by atoms with Crippen molar-refractivity contribution in [3.05, 3.63) is 23.0 Å². The summed E-state index contributed by atoms with van der Waals surface area (Å²) >= 11 is 6.01. The first-order valence-electron chi connectivity index (χ1n) is 7.45. The largest absolute Gasteiger partial charge is 0.481 e. The summed E-state index contributed by atoms with van der Waals surface area (Å²) in [5.74, 6) is -1.26. The Morgan fingerprint density at radius 2 is 2.05 bits per heavy atom. The summed E-state index contributed by atoms with van der Waals surface area (Å²) in [4.78, 5) is 23.5. The summed E-state index contributed by atoms with van der Waals surface area (Å²) in [7, 11) is 0. The van der Waals surface area contributed by atoms with Crippen molar-refractivity contribution >= 4 is 23.5 Å². The molecule has 0 bridgehead atoms. The van der Waals surface area contributed by atoms with Crippen LogP contribution in [0.2, 0.25) is 5.02 Å². The molecule has 0 spiro atoms. The molecule has 2 unspecified atom stereocenters. The van der Waals surface area contributed by atoms with E-state index in [2.05, 4.69) is 5.32 Å². The first kappa shape index (κ1) is 14.4. The van der Waals surface area contributed by atoms with E-state index in [9.17, 15) is 9.59 Å². The highest BCUT2D eigenvalue weighted by Crippen LogP contribution is 2.37. The van der Waals surface area contributed by atoms with Crippen molar-refractivity contribution in [3.8, 4) is 0 Å². The third-order valence-corrected chi connectivity index (χ3v) is 4.55. The Hall–Kier alpha value is -1.49. The van der Waals surface area contributed by atoms with E-state index in [1.807, 2.05) is 4.57 Å². The lowest BCUT2D eigenvalue weighted by molar-refractivity contribution is -0.143. The fraction of sp³-hybridized carbons (Fsp3) is 0.600. The van der Waals surface area contributed by atoms with Gasteiger partial charge in [0.15, 0.2) is 0 Å². The number of carboxylic acid groups (broad SMARTS) is 1. The molecular formula is C15H19ClN2O3. The Bertz CT molecular complexity index is 565. The van der Waals surface area contributed by atoms with Gasteiger partial charge in [-0.3, -0.25) is 9.59 Å². The third kappa shape index (κ3) is 3.23. The fourth-order valence-corrected chi connectivity index (χ4v) is 3.30. The molecule has 2 saturated carbocycles. The summed E-state index contributed by atoms with van der Waals surface area (Å²) in [6.45, 7) is 0.